The van der Waals surface area contributed by atoms with Crippen LogP contribution in [0.4, 0.5) is 0 Å². The van der Waals surface area contributed by atoms with Gasteiger partial charge in [-0.1, -0.05) is 6.08 Å². The van der Waals surface area contributed by atoms with Gasteiger partial charge in [0, 0.05) is 12.8 Å². The van der Waals surface area contributed by atoms with Crippen molar-refractivity contribution < 1.29 is 19.1 Å². The predicted octanol–water partition coefficient (Wildman–Crippen LogP) is 2.37. The molecule has 0 aromatic rings. The maximum Gasteiger partial charge on any atom is 0.316 e. The minimum Gasteiger partial charge on any atom is -0.465 e. The molecule has 0 bridgehead atoms. The van der Waals surface area contributed by atoms with Gasteiger partial charge in [0.05, 0.1) is 6.61 Å². The summed E-state index contributed by atoms with van der Waals surface area (Å²) in [7, 11) is 0. The molecule has 0 amide bonds. The molecule has 2 aliphatic rings. The Kier molecular flexibility index (Phi) is 3.46. The molecule has 0 radical (unpaired) electrons. The maximum absolute atomic E-state index is 12.3. The van der Waals surface area contributed by atoms with E-state index in [4.69, 9.17) is 9.47 Å². The topological polar surface area (TPSA) is 52.6 Å². The number of carbonyl (C=O) groups excluding carboxylic acids is 2. The molecule has 0 spiro atoms. The first kappa shape index (κ1) is 13.1. The summed E-state index contributed by atoms with van der Waals surface area (Å²) >= 11 is 0. The zero-order valence-corrected chi connectivity index (χ0v) is 10.9. The third-order valence-corrected chi connectivity index (χ3v) is 4.26. The normalized spacial score (nSPS) is 34.6. The summed E-state index contributed by atoms with van der Waals surface area (Å²) in [5.41, 5.74) is -1.36. The van der Waals surface area contributed by atoms with E-state index in [1.807, 2.05) is 0 Å². The first-order valence-electron chi connectivity index (χ1n) is 6.60. The summed E-state index contributed by atoms with van der Waals surface area (Å²) in [5, 5.41) is 0. The zero-order valence-electron chi connectivity index (χ0n) is 10.9. The van der Waals surface area contributed by atoms with Crippen molar-refractivity contribution in [3.8, 4) is 0 Å². The second kappa shape index (κ2) is 4.75. The van der Waals surface area contributed by atoms with E-state index in [9.17, 15) is 9.59 Å². The van der Waals surface area contributed by atoms with Gasteiger partial charge in [-0.3, -0.25) is 9.59 Å². The number of carbonyl (C=O) groups is 2. The van der Waals surface area contributed by atoms with Gasteiger partial charge < -0.3 is 9.47 Å². The van der Waals surface area contributed by atoms with Gasteiger partial charge in [0.1, 0.15) is 11.0 Å². The lowest BCUT2D eigenvalue weighted by Gasteiger charge is -2.46. The van der Waals surface area contributed by atoms with E-state index in [1.54, 1.807) is 13.0 Å². The third kappa shape index (κ3) is 1.74. The molecule has 0 aromatic heterocycles. The van der Waals surface area contributed by atoms with Crippen molar-refractivity contribution in [3.05, 3.63) is 12.7 Å². The Morgan fingerprint density at radius 3 is 2.94 bits per heavy atom. The maximum atomic E-state index is 12.3. The van der Waals surface area contributed by atoms with Crippen molar-refractivity contribution in [3.63, 3.8) is 0 Å². The molecule has 1 saturated heterocycles. The molecule has 2 fully saturated rings. The number of esters is 2. The van der Waals surface area contributed by atoms with Gasteiger partial charge in [-0.05, 0) is 32.6 Å². The Bertz CT molecular complexity index is 376. The van der Waals surface area contributed by atoms with Crippen molar-refractivity contribution in [1.82, 2.24) is 0 Å². The molecule has 1 aliphatic carbocycles. The van der Waals surface area contributed by atoms with Crippen LogP contribution in [0.2, 0.25) is 0 Å². The van der Waals surface area contributed by atoms with Crippen LogP contribution in [0.15, 0.2) is 12.7 Å². The fourth-order valence-electron chi connectivity index (χ4n) is 3.46. The molecule has 2 atom stereocenters. The Morgan fingerprint density at radius 2 is 2.28 bits per heavy atom. The molecule has 1 saturated carbocycles. The van der Waals surface area contributed by atoms with Gasteiger partial charge in [0.25, 0.3) is 0 Å². The third-order valence-electron chi connectivity index (χ3n) is 4.26. The lowest BCUT2D eigenvalue weighted by molar-refractivity contribution is -0.199. The van der Waals surface area contributed by atoms with Gasteiger partial charge in [0.2, 0.25) is 0 Å². The highest BCUT2D eigenvalue weighted by Crippen LogP contribution is 2.56. The molecule has 4 heteroatoms. The summed E-state index contributed by atoms with van der Waals surface area (Å²) in [5.74, 6) is -0.421. The Balaban J connectivity index is 2.37. The highest BCUT2D eigenvalue weighted by Gasteiger charge is 2.64. The van der Waals surface area contributed by atoms with Crippen molar-refractivity contribution in [1.29, 1.82) is 0 Å². The number of hydrogen-bond acceptors (Lipinski definition) is 4. The second-order valence-corrected chi connectivity index (χ2v) is 5.12. The predicted molar refractivity (Wildman–Crippen MR) is 65.8 cm³/mol. The van der Waals surface area contributed by atoms with E-state index >= 15 is 0 Å². The molecular formula is C14H20O4. The number of fused-ring (bicyclic) bond motifs is 1. The largest absolute Gasteiger partial charge is 0.465 e. The molecule has 0 unspecified atom stereocenters. The Labute approximate surface area is 107 Å². The van der Waals surface area contributed by atoms with Crippen LogP contribution in [0.25, 0.3) is 0 Å². The highest BCUT2D eigenvalue weighted by molar-refractivity contribution is 5.83. The summed E-state index contributed by atoms with van der Waals surface area (Å²) < 4.78 is 10.8. The first-order chi connectivity index (χ1) is 8.60. The fraction of sp³-hybridized carbons (Fsp3) is 0.714. The highest BCUT2D eigenvalue weighted by atomic mass is 16.6. The standard InChI is InChI=1S/C14H20O4/c1-3-7-14-9-5-8-13(14,12(16)17-4-2)10-6-11(15)18-14/h3H,1,4-10H2,2H3/t13-,14-/m1/s1. The van der Waals surface area contributed by atoms with Crippen molar-refractivity contribution >= 4 is 11.9 Å². The van der Waals surface area contributed by atoms with E-state index in [1.165, 1.54) is 0 Å². The van der Waals surface area contributed by atoms with Gasteiger partial charge in [-0.2, -0.15) is 0 Å². The fourth-order valence-corrected chi connectivity index (χ4v) is 3.46. The second-order valence-electron chi connectivity index (χ2n) is 5.12. The summed E-state index contributed by atoms with van der Waals surface area (Å²) in [6.45, 7) is 5.89. The van der Waals surface area contributed by atoms with Crippen LogP contribution in [0.5, 0.6) is 0 Å². The minimum absolute atomic E-state index is 0.210. The Morgan fingerprint density at radius 1 is 1.50 bits per heavy atom. The molecule has 2 rings (SSSR count). The minimum atomic E-state index is -0.712. The number of rotatable bonds is 4. The summed E-state index contributed by atoms with van der Waals surface area (Å²) in [4.78, 5) is 23.9. The SMILES string of the molecule is C=CC[C@@]12CCC[C@]1(C(=O)OCC)CCC(=O)O2. The van der Waals surface area contributed by atoms with Gasteiger partial charge in [-0.25, -0.2) is 0 Å². The van der Waals surface area contributed by atoms with E-state index in [-0.39, 0.29) is 11.9 Å². The van der Waals surface area contributed by atoms with Crippen molar-refractivity contribution in [2.24, 2.45) is 5.41 Å². The zero-order chi connectivity index (χ0) is 13.2. The van der Waals surface area contributed by atoms with E-state index in [0.29, 0.717) is 25.9 Å². The molecular weight excluding hydrogens is 232 g/mol. The monoisotopic (exact) mass is 252 g/mol. The molecule has 0 aromatic carbocycles. The van der Waals surface area contributed by atoms with Gasteiger partial charge in [0.15, 0.2) is 0 Å². The smallest absolute Gasteiger partial charge is 0.316 e. The van der Waals surface area contributed by atoms with Crippen LogP contribution in [0.1, 0.15) is 45.4 Å². The first-order valence-corrected chi connectivity index (χ1v) is 6.60. The van der Waals surface area contributed by atoms with Crippen LogP contribution in [-0.4, -0.2) is 24.1 Å². The van der Waals surface area contributed by atoms with Crippen LogP contribution in [0, 0.1) is 5.41 Å². The van der Waals surface area contributed by atoms with Crippen LogP contribution >= 0.6 is 0 Å². The molecule has 4 nitrogen and oxygen atoms in total. The average Bonchev–Trinajstić information content (AvgIpc) is 2.69. The number of ether oxygens (including phenoxy) is 2. The number of hydrogen-bond donors (Lipinski definition) is 0. The lowest BCUT2D eigenvalue weighted by atomic mass is 9.68. The van der Waals surface area contributed by atoms with Gasteiger partial charge in [-0.15, -0.1) is 6.58 Å². The van der Waals surface area contributed by atoms with E-state index in [2.05, 4.69) is 6.58 Å². The molecule has 18 heavy (non-hydrogen) atoms. The van der Waals surface area contributed by atoms with E-state index < -0.39 is 11.0 Å². The molecule has 0 N–H and O–H groups in total. The van der Waals surface area contributed by atoms with Crippen LogP contribution in [0.3, 0.4) is 0 Å². The van der Waals surface area contributed by atoms with Gasteiger partial charge >= 0.3 is 11.9 Å². The molecule has 1 heterocycles. The molecule has 1 aliphatic heterocycles. The molecule has 100 valence electrons. The van der Waals surface area contributed by atoms with Crippen molar-refractivity contribution in [2.75, 3.05) is 6.61 Å². The van der Waals surface area contributed by atoms with Crippen molar-refractivity contribution in [2.45, 2.75) is 51.0 Å². The van der Waals surface area contributed by atoms with E-state index in [0.717, 1.165) is 19.3 Å². The average molecular weight is 252 g/mol. The van der Waals surface area contributed by atoms with Crippen LogP contribution in [-0.2, 0) is 19.1 Å². The quantitative estimate of drug-likeness (QED) is 0.569. The summed E-state index contributed by atoms with van der Waals surface area (Å²) in [6, 6.07) is 0. The summed E-state index contributed by atoms with van der Waals surface area (Å²) in [6.07, 6.45) is 5.46. The Hall–Kier alpha value is -1.32. The lowest BCUT2D eigenvalue weighted by Crippen LogP contribution is -2.55. The van der Waals surface area contributed by atoms with Crippen LogP contribution < -0.4 is 0 Å².